The summed E-state index contributed by atoms with van der Waals surface area (Å²) in [5.41, 5.74) is 3.47. The predicted octanol–water partition coefficient (Wildman–Crippen LogP) is 5.56. The first-order valence-electron chi connectivity index (χ1n) is 9.41. The van der Waals surface area contributed by atoms with E-state index in [0.717, 1.165) is 16.7 Å². The first kappa shape index (κ1) is 20.9. The quantitative estimate of drug-likeness (QED) is 0.530. The van der Waals surface area contributed by atoms with Gasteiger partial charge in [0.2, 0.25) is 0 Å². The Morgan fingerprint density at radius 2 is 1.72 bits per heavy atom. The molecule has 0 saturated carbocycles. The summed E-state index contributed by atoms with van der Waals surface area (Å²) in [6, 6.07) is 22.6. The first-order valence-corrected chi connectivity index (χ1v) is 9.79. The van der Waals surface area contributed by atoms with E-state index >= 15 is 0 Å². The van der Waals surface area contributed by atoms with Crippen LogP contribution < -0.4 is 10.1 Å². The third kappa shape index (κ3) is 5.83. The average Bonchev–Trinajstić information content (AvgIpc) is 2.74. The van der Waals surface area contributed by atoms with E-state index in [2.05, 4.69) is 5.32 Å². The van der Waals surface area contributed by atoms with Gasteiger partial charge < -0.3 is 14.8 Å². The fraction of sp³-hybridized carbons (Fsp3) is 0.208. The molecule has 3 rings (SSSR count). The van der Waals surface area contributed by atoms with Gasteiger partial charge in [0.05, 0.1) is 26.4 Å². The molecule has 0 saturated heterocycles. The van der Waals surface area contributed by atoms with Crippen LogP contribution in [0, 0.1) is 0 Å². The van der Waals surface area contributed by atoms with Crippen LogP contribution in [-0.4, -0.2) is 13.0 Å². The lowest BCUT2D eigenvalue weighted by Crippen LogP contribution is -2.26. The van der Waals surface area contributed by atoms with Crippen LogP contribution in [0.25, 0.3) is 0 Å². The van der Waals surface area contributed by atoms with Crippen molar-refractivity contribution in [1.29, 1.82) is 0 Å². The molecule has 150 valence electrons. The molecule has 3 aromatic carbocycles. The molecule has 0 aliphatic heterocycles. The molecular formula is C24H24ClNO3. The van der Waals surface area contributed by atoms with E-state index in [0.29, 0.717) is 29.5 Å². The molecule has 5 heteroatoms. The number of carbonyl (C=O) groups excluding carboxylic acids is 1. The van der Waals surface area contributed by atoms with E-state index in [1.54, 1.807) is 19.2 Å². The first-order chi connectivity index (χ1) is 14.1. The molecule has 1 atom stereocenters. The minimum atomic E-state index is -0.153. The van der Waals surface area contributed by atoms with Crippen molar-refractivity contribution in [1.82, 2.24) is 5.32 Å². The summed E-state index contributed by atoms with van der Waals surface area (Å²) in [5.74, 6) is 0.541. The maximum absolute atomic E-state index is 12.7. The van der Waals surface area contributed by atoms with Crippen molar-refractivity contribution in [3.8, 4) is 5.75 Å². The summed E-state index contributed by atoms with van der Waals surface area (Å²) < 4.78 is 11.2. The predicted molar refractivity (Wildman–Crippen MR) is 115 cm³/mol. The summed E-state index contributed by atoms with van der Waals surface area (Å²) in [6.45, 7) is 2.79. The molecular weight excluding hydrogens is 386 g/mol. The van der Waals surface area contributed by atoms with Crippen LogP contribution in [-0.2, 0) is 18.0 Å². The van der Waals surface area contributed by atoms with Crippen molar-refractivity contribution in [2.24, 2.45) is 0 Å². The molecule has 3 aromatic rings. The number of rotatable bonds is 8. The minimum absolute atomic E-state index is 0.139. The summed E-state index contributed by atoms with van der Waals surface area (Å²) in [6.07, 6.45) is 0. The highest BCUT2D eigenvalue weighted by Gasteiger charge is 2.14. The highest BCUT2D eigenvalue weighted by molar-refractivity contribution is 6.30. The van der Waals surface area contributed by atoms with E-state index < -0.39 is 0 Å². The molecule has 0 fully saturated rings. The Balaban J connectivity index is 1.66. The van der Waals surface area contributed by atoms with Gasteiger partial charge in [0.25, 0.3) is 5.91 Å². The van der Waals surface area contributed by atoms with Crippen molar-refractivity contribution in [2.75, 3.05) is 7.11 Å². The number of hydrogen-bond acceptors (Lipinski definition) is 3. The monoisotopic (exact) mass is 409 g/mol. The molecule has 0 bridgehead atoms. The number of ether oxygens (including phenoxy) is 2. The smallest absolute Gasteiger partial charge is 0.251 e. The number of hydrogen-bond donors (Lipinski definition) is 1. The van der Waals surface area contributed by atoms with Crippen LogP contribution in [0.5, 0.6) is 5.75 Å². The van der Waals surface area contributed by atoms with E-state index in [1.807, 2.05) is 67.6 Å². The van der Waals surface area contributed by atoms with Crippen molar-refractivity contribution in [3.63, 3.8) is 0 Å². The highest BCUT2D eigenvalue weighted by atomic mass is 35.5. The zero-order chi connectivity index (χ0) is 20.6. The van der Waals surface area contributed by atoms with E-state index in [1.165, 1.54) is 0 Å². The standard InChI is InChI=1S/C24H24ClNO3/c1-17(19-8-11-22(25)12-9-19)26-24(27)20-10-13-23(28-2)21(14-20)16-29-15-18-6-4-3-5-7-18/h3-14,17H,15-16H2,1-2H3,(H,26,27)/t17-/m0/s1. The molecule has 1 N–H and O–H groups in total. The molecule has 0 unspecified atom stereocenters. The summed E-state index contributed by atoms with van der Waals surface area (Å²) in [4.78, 5) is 12.7. The fourth-order valence-corrected chi connectivity index (χ4v) is 3.13. The maximum atomic E-state index is 12.7. The van der Waals surface area contributed by atoms with Crippen LogP contribution in [0.1, 0.15) is 40.0 Å². The molecule has 0 aromatic heterocycles. The van der Waals surface area contributed by atoms with E-state index in [4.69, 9.17) is 21.1 Å². The van der Waals surface area contributed by atoms with Crippen LogP contribution in [0.3, 0.4) is 0 Å². The Labute approximate surface area is 176 Å². The Morgan fingerprint density at radius 1 is 1.00 bits per heavy atom. The second-order valence-corrected chi connectivity index (χ2v) is 7.19. The third-order valence-electron chi connectivity index (χ3n) is 4.63. The van der Waals surface area contributed by atoms with Gasteiger partial charge in [-0.1, -0.05) is 54.1 Å². The number of nitrogens with one attached hydrogen (secondary N) is 1. The van der Waals surface area contributed by atoms with Gasteiger partial charge in [-0.15, -0.1) is 0 Å². The average molecular weight is 410 g/mol. The lowest BCUT2D eigenvalue weighted by molar-refractivity contribution is 0.0937. The van der Waals surface area contributed by atoms with Gasteiger partial charge in [-0.3, -0.25) is 4.79 Å². The third-order valence-corrected chi connectivity index (χ3v) is 4.88. The SMILES string of the molecule is COc1ccc(C(=O)N[C@@H](C)c2ccc(Cl)cc2)cc1COCc1ccccc1. The lowest BCUT2D eigenvalue weighted by Gasteiger charge is -2.16. The molecule has 1 amide bonds. The van der Waals surface area contributed by atoms with Crippen LogP contribution in [0.2, 0.25) is 5.02 Å². The molecule has 0 aliphatic rings. The molecule has 4 nitrogen and oxygen atoms in total. The largest absolute Gasteiger partial charge is 0.496 e. The second-order valence-electron chi connectivity index (χ2n) is 6.75. The van der Waals surface area contributed by atoms with E-state index in [-0.39, 0.29) is 11.9 Å². The summed E-state index contributed by atoms with van der Waals surface area (Å²) >= 11 is 5.93. The summed E-state index contributed by atoms with van der Waals surface area (Å²) in [5, 5.41) is 3.68. The topological polar surface area (TPSA) is 47.6 Å². The minimum Gasteiger partial charge on any atom is -0.496 e. The van der Waals surface area contributed by atoms with Crippen LogP contribution in [0.15, 0.2) is 72.8 Å². The number of carbonyl (C=O) groups is 1. The van der Waals surface area contributed by atoms with Crippen molar-refractivity contribution >= 4 is 17.5 Å². The lowest BCUT2D eigenvalue weighted by atomic mass is 10.1. The number of amides is 1. The molecule has 0 radical (unpaired) electrons. The molecule has 0 heterocycles. The Bertz CT molecular complexity index is 942. The van der Waals surface area contributed by atoms with E-state index in [9.17, 15) is 4.79 Å². The van der Waals surface area contributed by atoms with Gasteiger partial charge in [0.15, 0.2) is 0 Å². The Morgan fingerprint density at radius 3 is 2.41 bits per heavy atom. The van der Waals surface area contributed by atoms with Crippen LogP contribution >= 0.6 is 11.6 Å². The van der Waals surface area contributed by atoms with Gasteiger partial charge in [0.1, 0.15) is 5.75 Å². The van der Waals surface area contributed by atoms with Gasteiger partial charge in [-0.25, -0.2) is 0 Å². The van der Waals surface area contributed by atoms with Gasteiger partial charge in [-0.05, 0) is 48.4 Å². The van der Waals surface area contributed by atoms with Gasteiger partial charge in [0, 0.05) is 16.1 Å². The van der Waals surface area contributed by atoms with Crippen LogP contribution in [0.4, 0.5) is 0 Å². The normalized spacial score (nSPS) is 11.7. The van der Waals surface area contributed by atoms with Gasteiger partial charge in [-0.2, -0.15) is 0 Å². The zero-order valence-electron chi connectivity index (χ0n) is 16.5. The molecule has 0 spiro atoms. The molecule has 29 heavy (non-hydrogen) atoms. The highest BCUT2D eigenvalue weighted by Crippen LogP contribution is 2.22. The van der Waals surface area contributed by atoms with Crippen molar-refractivity contribution in [3.05, 3.63) is 100 Å². The number of benzene rings is 3. The Kier molecular flexibility index (Phi) is 7.28. The molecule has 0 aliphatic carbocycles. The fourth-order valence-electron chi connectivity index (χ4n) is 3.00. The van der Waals surface area contributed by atoms with Gasteiger partial charge >= 0.3 is 0 Å². The summed E-state index contributed by atoms with van der Waals surface area (Å²) in [7, 11) is 1.61. The maximum Gasteiger partial charge on any atom is 0.251 e. The Hall–Kier alpha value is -2.82. The van der Waals surface area contributed by atoms with Crippen molar-refractivity contribution < 1.29 is 14.3 Å². The zero-order valence-corrected chi connectivity index (χ0v) is 17.3. The van der Waals surface area contributed by atoms with Crippen molar-refractivity contribution in [2.45, 2.75) is 26.2 Å². The second kappa shape index (κ2) is 10.1. The number of methoxy groups -OCH3 is 1. The number of halogens is 1.